The molecular formula is C60H113NO5. The van der Waals surface area contributed by atoms with Crippen LogP contribution in [0.5, 0.6) is 0 Å². The minimum absolute atomic E-state index is 0.00181. The van der Waals surface area contributed by atoms with E-state index in [1.807, 2.05) is 0 Å². The number of hydrogen-bond acceptors (Lipinski definition) is 5. The van der Waals surface area contributed by atoms with Crippen LogP contribution in [0.2, 0.25) is 0 Å². The van der Waals surface area contributed by atoms with Gasteiger partial charge in [0.25, 0.3) is 0 Å². The lowest BCUT2D eigenvalue weighted by Crippen LogP contribution is -2.45. The molecule has 0 aliphatic carbocycles. The second kappa shape index (κ2) is 55.7. The monoisotopic (exact) mass is 928 g/mol. The number of carbonyl (C=O) groups is 2. The van der Waals surface area contributed by atoms with E-state index in [-0.39, 0.29) is 18.5 Å². The van der Waals surface area contributed by atoms with Crippen LogP contribution in [-0.2, 0) is 14.3 Å². The van der Waals surface area contributed by atoms with Gasteiger partial charge < -0.3 is 20.3 Å². The molecule has 66 heavy (non-hydrogen) atoms. The molecule has 0 saturated heterocycles. The lowest BCUT2D eigenvalue weighted by atomic mass is 10.0. The molecule has 0 rings (SSSR count). The SMILES string of the molecule is CCCCC/C=C\C/C=C\CCCCCCCC(=O)OCCCCCCCCCCCCCC/C=C\CCCCCCCCCCC(=O)NC(CO)C(O)CCCCCCCCCCCC. The van der Waals surface area contributed by atoms with Crippen molar-refractivity contribution in [3.05, 3.63) is 36.5 Å². The number of esters is 1. The van der Waals surface area contributed by atoms with Crippen molar-refractivity contribution in [2.45, 2.75) is 321 Å². The molecule has 0 aliphatic heterocycles. The second-order valence-corrected chi connectivity index (χ2v) is 20.0. The van der Waals surface area contributed by atoms with Gasteiger partial charge >= 0.3 is 5.97 Å². The van der Waals surface area contributed by atoms with Crippen LogP contribution in [0.3, 0.4) is 0 Å². The highest BCUT2D eigenvalue weighted by atomic mass is 16.5. The summed E-state index contributed by atoms with van der Waals surface area (Å²) >= 11 is 0. The Morgan fingerprint density at radius 3 is 1.20 bits per heavy atom. The fourth-order valence-corrected chi connectivity index (χ4v) is 8.90. The number of nitrogens with one attached hydrogen (secondary N) is 1. The highest BCUT2D eigenvalue weighted by Gasteiger charge is 2.20. The normalized spacial score (nSPS) is 12.8. The smallest absolute Gasteiger partial charge is 0.305 e. The van der Waals surface area contributed by atoms with Gasteiger partial charge in [-0.25, -0.2) is 0 Å². The highest BCUT2D eigenvalue weighted by molar-refractivity contribution is 5.76. The van der Waals surface area contributed by atoms with E-state index in [0.29, 0.717) is 25.9 Å². The van der Waals surface area contributed by atoms with Crippen molar-refractivity contribution >= 4 is 11.9 Å². The third-order valence-corrected chi connectivity index (χ3v) is 13.4. The first-order chi connectivity index (χ1) is 32.5. The molecule has 0 saturated carbocycles. The molecule has 2 atom stereocenters. The predicted octanol–water partition coefficient (Wildman–Crippen LogP) is 18.0. The predicted molar refractivity (Wildman–Crippen MR) is 287 cm³/mol. The Labute approximate surface area is 411 Å². The molecule has 6 heteroatoms. The Morgan fingerprint density at radius 2 is 0.758 bits per heavy atom. The zero-order valence-corrected chi connectivity index (χ0v) is 44.2. The van der Waals surface area contributed by atoms with Gasteiger partial charge in [-0.2, -0.15) is 0 Å². The Balaban J connectivity index is 3.39. The van der Waals surface area contributed by atoms with Gasteiger partial charge in [0.1, 0.15) is 0 Å². The summed E-state index contributed by atoms with van der Waals surface area (Å²) in [6.07, 6.45) is 68.6. The van der Waals surface area contributed by atoms with Crippen LogP contribution in [0, 0.1) is 0 Å². The third-order valence-electron chi connectivity index (χ3n) is 13.4. The molecule has 388 valence electrons. The zero-order valence-electron chi connectivity index (χ0n) is 44.2. The van der Waals surface area contributed by atoms with Crippen LogP contribution in [0.25, 0.3) is 0 Å². The quantitative estimate of drug-likeness (QED) is 0.0321. The standard InChI is InChI=1S/C60H113NO5/c1-3-5-7-9-11-13-15-16-27-31-34-38-42-46-50-54-60(65)66-55-51-47-43-39-35-32-29-26-24-22-20-18-17-19-21-23-25-28-30-33-37-41-45-49-53-59(64)61-57(56-62)58(63)52-48-44-40-36-14-12-10-8-6-4-2/h11,13,16,19,21,27,57-58,62-63H,3-10,12,14-15,17-18,20,22-26,28-56H2,1-2H3,(H,61,64)/b13-11-,21-19-,27-16-. The van der Waals surface area contributed by atoms with Crippen molar-refractivity contribution in [3.63, 3.8) is 0 Å². The molecule has 0 bridgehead atoms. The van der Waals surface area contributed by atoms with Crippen LogP contribution in [0.1, 0.15) is 309 Å². The number of aliphatic hydroxyl groups excluding tert-OH is 2. The van der Waals surface area contributed by atoms with E-state index >= 15 is 0 Å². The van der Waals surface area contributed by atoms with Crippen LogP contribution in [0.4, 0.5) is 0 Å². The van der Waals surface area contributed by atoms with Crippen LogP contribution in [0.15, 0.2) is 36.5 Å². The van der Waals surface area contributed by atoms with E-state index in [1.165, 1.54) is 225 Å². The van der Waals surface area contributed by atoms with Crippen LogP contribution in [-0.4, -0.2) is 47.4 Å². The van der Waals surface area contributed by atoms with Crippen LogP contribution < -0.4 is 5.32 Å². The summed E-state index contributed by atoms with van der Waals surface area (Å²) in [6.45, 7) is 4.91. The maximum absolute atomic E-state index is 12.4. The second-order valence-electron chi connectivity index (χ2n) is 20.0. The van der Waals surface area contributed by atoms with Crippen molar-refractivity contribution < 1.29 is 24.5 Å². The molecule has 0 radical (unpaired) electrons. The third kappa shape index (κ3) is 51.5. The van der Waals surface area contributed by atoms with E-state index in [9.17, 15) is 19.8 Å². The Hall–Kier alpha value is -1.92. The van der Waals surface area contributed by atoms with E-state index in [1.54, 1.807) is 0 Å². The minimum Gasteiger partial charge on any atom is -0.466 e. The van der Waals surface area contributed by atoms with Crippen molar-refractivity contribution in [3.8, 4) is 0 Å². The lowest BCUT2D eigenvalue weighted by Gasteiger charge is -2.22. The average molecular weight is 929 g/mol. The van der Waals surface area contributed by atoms with E-state index < -0.39 is 12.1 Å². The van der Waals surface area contributed by atoms with Gasteiger partial charge in [0, 0.05) is 12.8 Å². The summed E-state index contributed by atoms with van der Waals surface area (Å²) in [5.41, 5.74) is 0. The highest BCUT2D eigenvalue weighted by Crippen LogP contribution is 2.16. The van der Waals surface area contributed by atoms with Gasteiger partial charge in [-0.3, -0.25) is 9.59 Å². The molecule has 6 nitrogen and oxygen atoms in total. The number of amides is 1. The summed E-state index contributed by atoms with van der Waals surface area (Å²) in [6, 6.07) is -0.543. The molecule has 3 N–H and O–H groups in total. The molecule has 0 spiro atoms. The first-order valence-electron chi connectivity index (χ1n) is 29.2. The van der Waals surface area contributed by atoms with Gasteiger partial charge in [0.05, 0.1) is 25.4 Å². The summed E-state index contributed by atoms with van der Waals surface area (Å²) in [4.78, 5) is 24.5. The maximum atomic E-state index is 12.4. The minimum atomic E-state index is -0.665. The number of hydrogen-bond donors (Lipinski definition) is 3. The fourth-order valence-electron chi connectivity index (χ4n) is 8.90. The Morgan fingerprint density at radius 1 is 0.424 bits per heavy atom. The average Bonchev–Trinajstić information content (AvgIpc) is 3.32. The lowest BCUT2D eigenvalue weighted by molar-refractivity contribution is -0.143. The molecule has 0 aromatic heterocycles. The molecule has 0 fully saturated rings. The summed E-state index contributed by atoms with van der Waals surface area (Å²) in [7, 11) is 0. The summed E-state index contributed by atoms with van der Waals surface area (Å²) in [5.74, 6) is -0.0431. The molecular weight excluding hydrogens is 815 g/mol. The van der Waals surface area contributed by atoms with Gasteiger partial charge in [-0.05, 0) is 83.5 Å². The summed E-state index contributed by atoms with van der Waals surface area (Å²) < 4.78 is 5.47. The number of ether oxygens (including phenoxy) is 1. The van der Waals surface area contributed by atoms with Gasteiger partial charge in [0.2, 0.25) is 5.91 Å². The molecule has 1 amide bonds. The number of rotatable bonds is 54. The summed E-state index contributed by atoms with van der Waals surface area (Å²) in [5, 5.41) is 23.1. The zero-order chi connectivity index (χ0) is 47.9. The van der Waals surface area contributed by atoms with E-state index in [2.05, 4.69) is 55.6 Å². The molecule has 2 unspecified atom stereocenters. The topological polar surface area (TPSA) is 95.9 Å². The van der Waals surface area contributed by atoms with Gasteiger partial charge in [0.15, 0.2) is 0 Å². The number of aliphatic hydroxyl groups is 2. The number of carbonyl (C=O) groups excluding carboxylic acids is 2. The van der Waals surface area contributed by atoms with E-state index in [4.69, 9.17) is 4.74 Å². The molecule has 0 aromatic rings. The Bertz CT molecular complexity index is 1070. The number of allylic oxidation sites excluding steroid dienone is 6. The largest absolute Gasteiger partial charge is 0.466 e. The van der Waals surface area contributed by atoms with Crippen molar-refractivity contribution in [2.75, 3.05) is 13.2 Å². The maximum Gasteiger partial charge on any atom is 0.305 e. The Kier molecular flexibility index (Phi) is 54.1. The van der Waals surface area contributed by atoms with Gasteiger partial charge in [-0.15, -0.1) is 0 Å². The number of unbranched alkanes of at least 4 members (excludes halogenated alkanes) is 37. The van der Waals surface area contributed by atoms with Gasteiger partial charge in [-0.1, -0.05) is 249 Å². The fraction of sp³-hybridized carbons (Fsp3) is 0.867. The van der Waals surface area contributed by atoms with Crippen LogP contribution >= 0.6 is 0 Å². The molecule has 0 heterocycles. The van der Waals surface area contributed by atoms with Crippen molar-refractivity contribution in [1.82, 2.24) is 5.32 Å². The first kappa shape index (κ1) is 64.1. The first-order valence-corrected chi connectivity index (χ1v) is 29.2. The van der Waals surface area contributed by atoms with E-state index in [0.717, 1.165) is 51.4 Å². The molecule has 0 aromatic carbocycles. The van der Waals surface area contributed by atoms with Crippen molar-refractivity contribution in [2.24, 2.45) is 0 Å². The van der Waals surface area contributed by atoms with Crippen molar-refractivity contribution in [1.29, 1.82) is 0 Å². The molecule has 0 aliphatic rings.